The van der Waals surface area contributed by atoms with Gasteiger partial charge in [-0.1, -0.05) is 12.5 Å². The van der Waals surface area contributed by atoms with Gasteiger partial charge in [0.05, 0.1) is 0 Å². The van der Waals surface area contributed by atoms with E-state index in [4.69, 9.17) is 0 Å². The molecule has 2 fully saturated rings. The van der Waals surface area contributed by atoms with Crippen molar-refractivity contribution in [2.75, 3.05) is 13.1 Å². The maximum absolute atomic E-state index is 14.3. The number of carbonyl (C=O) groups excluding carboxylic acids is 1. The van der Waals surface area contributed by atoms with Crippen LogP contribution in [-0.4, -0.2) is 34.0 Å². The van der Waals surface area contributed by atoms with Crippen LogP contribution in [0.5, 0.6) is 0 Å². The molecule has 142 valence electrons. The van der Waals surface area contributed by atoms with Crippen molar-refractivity contribution in [3.8, 4) is 0 Å². The predicted octanol–water partition coefficient (Wildman–Crippen LogP) is 3.26. The van der Waals surface area contributed by atoms with Crippen LogP contribution in [0.1, 0.15) is 35.2 Å². The number of hydrogen-bond acceptors (Lipinski definition) is 3. The maximum atomic E-state index is 14.3. The van der Waals surface area contributed by atoms with E-state index in [1.54, 1.807) is 17.0 Å². The number of hydrogen-bond donors (Lipinski definition) is 1. The average molecular weight is 376 g/mol. The summed E-state index contributed by atoms with van der Waals surface area (Å²) < 4.78 is 40.9. The molecule has 1 saturated heterocycles. The van der Waals surface area contributed by atoms with Crippen LogP contribution in [0.4, 0.5) is 13.2 Å². The molecule has 0 radical (unpaired) electrons. The third kappa shape index (κ3) is 2.90. The van der Waals surface area contributed by atoms with Gasteiger partial charge in [0, 0.05) is 42.2 Å². The molecule has 1 aliphatic heterocycles. The Morgan fingerprint density at radius 2 is 1.81 bits per heavy atom. The van der Waals surface area contributed by atoms with Gasteiger partial charge in [0.15, 0.2) is 11.6 Å². The SMILES string of the molecule is O=C(c1ccc(F)c(F)c1)N1C[C@H]2CCC[C@H](C1)C2(O)c1cccnc1F. The molecule has 0 unspecified atom stereocenters. The third-order valence-corrected chi connectivity index (χ3v) is 5.88. The third-order valence-electron chi connectivity index (χ3n) is 5.88. The molecule has 0 spiro atoms. The summed E-state index contributed by atoms with van der Waals surface area (Å²) in [4.78, 5) is 18.0. The second-order valence-corrected chi connectivity index (χ2v) is 7.33. The van der Waals surface area contributed by atoms with E-state index in [0.29, 0.717) is 12.8 Å². The molecule has 4 nitrogen and oxygen atoms in total. The lowest BCUT2D eigenvalue weighted by Crippen LogP contribution is -2.59. The highest BCUT2D eigenvalue weighted by Crippen LogP contribution is 2.49. The molecule has 2 aliphatic rings. The maximum Gasteiger partial charge on any atom is 0.253 e. The lowest BCUT2D eigenvalue weighted by molar-refractivity contribution is -0.141. The number of halogens is 3. The van der Waals surface area contributed by atoms with Gasteiger partial charge in [-0.2, -0.15) is 4.39 Å². The van der Waals surface area contributed by atoms with Gasteiger partial charge in [0.1, 0.15) is 5.60 Å². The van der Waals surface area contributed by atoms with Crippen LogP contribution in [0.15, 0.2) is 36.5 Å². The topological polar surface area (TPSA) is 53.4 Å². The number of amides is 1. The molecule has 1 saturated carbocycles. The lowest BCUT2D eigenvalue weighted by atomic mass is 9.62. The second kappa shape index (κ2) is 6.64. The number of fused-ring (bicyclic) bond motifs is 2. The van der Waals surface area contributed by atoms with Gasteiger partial charge in [-0.15, -0.1) is 0 Å². The molecule has 2 atom stereocenters. The summed E-state index contributed by atoms with van der Waals surface area (Å²) in [6, 6.07) is 6.19. The summed E-state index contributed by atoms with van der Waals surface area (Å²) in [7, 11) is 0. The van der Waals surface area contributed by atoms with Gasteiger partial charge in [-0.25, -0.2) is 13.8 Å². The number of piperidine rings is 1. The van der Waals surface area contributed by atoms with E-state index in [0.717, 1.165) is 18.6 Å². The van der Waals surface area contributed by atoms with Gasteiger partial charge in [-0.3, -0.25) is 4.79 Å². The Hall–Kier alpha value is -2.41. The zero-order chi connectivity index (χ0) is 19.2. The smallest absolute Gasteiger partial charge is 0.253 e. The normalized spacial score (nSPS) is 27.5. The molecule has 7 heteroatoms. The number of nitrogens with zero attached hydrogens (tertiary/aromatic N) is 2. The van der Waals surface area contributed by atoms with Crippen LogP contribution in [0.25, 0.3) is 0 Å². The summed E-state index contributed by atoms with van der Waals surface area (Å²) in [5, 5.41) is 11.4. The van der Waals surface area contributed by atoms with Gasteiger partial charge in [-0.05, 0) is 37.1 Å². The number of aliphatic hydroxyl groups is 1. The fourth-order valence-corrected chi connectivity index (χ4v) is 4.55. The first-order valence-electron chi connectivity index (χ1n) is 8.99. The highest BCUT2D eigenvalue weighted by molar-refractivity contribution is 5.94. The first kappa shape index (κ1) is 18.0. The Balaban J connectivity index is 1.64. The largest absolute Gasteiger partial charge is 0.384 e. The van der Waals surface area contributed by atoms with E-state index in [-0.39, 0.29) is 36.1 Å². The van der Waals surface area contributed by atoms with Crippen LogP contribution >= 0.6 is 0 Å². The van der Waals surface area contributed by atoms with Crippen molar-refractivity contribution in [2.45, 2.75) is 24.9 Å². The lowest BCUT2D eigenvalue weighted by Gasteiger charge is -2.53. The van der Waals surface area contributed by atoms with Crippen molar-refractivity contribution in [2.24, 2.45) is 11.8 Å². The first-order chi connectivity index (χ1) is 12.9. The molecule has 1 N–H and O–H groups in total. The number of rotatable bonds is 2. The van der Waals surface area contributed by atoms with Crippen molar-refractivity contribution < 1.29 is 23.1 Å². The predicted molar refractivity (Wildman–Crippen MR) is 91.2 cm³/mol. The van der Waals surface area contributed by atoms with Crippen LogP contribution < -0.4 is 0 Å². The minimum absolute atomic E-state index is 0.0602. The van der Waals surface area contributed by atoms with Crippen LogP contribution in [0.3, 0.4) is 0 Å². The first-order valence-corrected chi connectivity index (χ1v) is 8.99. The molecule has 1 aliphatic carbocycles. The summed E-state index contributed by atoms with van der Waals surface area (Å²) in [5.74, 6) is -3.90. The minimum Gasteiger partial charge on any atom is -0.384 e. The molecule has 1 aromatic carbocycles. The number of aromatic nitrogens is 1. The molecule has 4 rings (SSSR count). The number of likely N-dealkylation sites (tertiary alicyclic amines) is 1. The highest BCUT2D eigenvalue weighted by Gasteiger charge is 2.53. The molecular formula is C20H19F3N2O2. The van der Waals surface area contributed by atoms with Crippen molar-refractivity contribution in [1.29, 1.82) is 0 Å². The Bertz CT molecular complexity index is 875. The van der Waals surface area contributed by atoms with Crippen molar-refractivity contribution in [3.63, 3.8) is 0 Å². The quantitative estimate of drug-likeness (QED) is 0.819. The summed E-state index contributed by atoms with van der Waals surface area (Å²) in [5.41, 5.74) is -1.16. The van der Waals surface area contributed by atoms with E-state index < -0.39 is 29.1 Å². The highest BCUT2D eigenvalue weighted by atomic mass is 19.2. The molecule has 27 heavy (non-hydrogen) atoms. The van der Waals surface area contributed by atoms with Crippen molar-refractivity contribution in [1.82, 2.24) is 9.88 Å². The monoisotopic (exact) mass is 376 g/mol. The zero-order valence-electron chi connectivity index (χ0n) is 14.5. The molecule has 2 aromatic rings. The number of benzene rings is 1. The van der Waals surface area contributed by atoms with Crippen molar-refractivity contribution in [3.05, 3.63) is 65.2 Å². The average Bonchev–Trinajstić information content (AvgIpc) is 2.63. The minimum atomic E-state index is -1.39. The van der Waals surface area contributed by atoms with E-state index in [1.807, 2.05) is 0 Å². The Kier molecular flexibility index (Phi) is 4.42. The molecular weight excluding hydrogens is 357 g/mol. The number of pyridine rings is 1. The fraction of sp³-hybridized carbons (Fsp3) is 0.400. The molecule has 2 heterocycles. The van der Waals surface area contributed by atoms with E-state index in [1.165, 1.54) is 12.3 Å². The Morgan fingerprint density at radius 3 is 2.44 bits per heavy atom. The summed E-state index contributed by atoms with van der Waals surface area (Å²) >= 11 is 0. The summed E-state index contributed by atoms with van der Waals surface area (Å²) in [6.45, 7) is 0.443. The van der Waals surface area contributed by atoms with Crippen molar-refractivity contribution >= 4 is 5.91 Å². The van der Waals surface area contributed by atoms with E-state index in [2.05, 4.69) is 4.98 Å². The Morgan fingerprint density at radius 1 is 1.11 bits per heavy atom. The molecule has 2 bridgehead atoms. The zero-order valence-corrected chi connectivity index (χ0v) is 14.5. The van der Waals surface area contributed by atoms with Gasteiger partial charge in [0.25, 0.3) is 5.91 Å². The second-order valence-electron chi connectivity index (χ2n) is 7.33. The van der Waals surface area contributed by atoms with Crippen LogP contribution in [-0.2, 0) is 5.60 Å². The van der Waals surface area contributed by atoms with E-state index >= 15 is 0 Å². The molecule has 1 amide bonds. The van der Waals surface area contributed by atoms with Crippen LogP contribution in [0, 0.1) is 29.4 Å². The van der Waals surface area contributed by atoms with Crippen LogP contribution in [0.2, 0.25) is 0 Å². The number of carbonyl (C=O) groups is 1. The Labute approximate surface area is 154 Å². The molecule has 1 aromatic heterocycles. The van der Waals surface area contributed by atoms with Gasteiger partial charge in [0.2, 0.25) is 5.95 Å². The van der Waals surface area contributed by atoms with Gasteiger partial charge < -0.3 is 10.0 Å². The summed E-state index contributed by atoms with van der Waals surface area (Å²) in [6.07, 6.45) is 3.50. The fourth-order valence-electron chi connectivity index (χ4n) is 4.55. The van der Waals surface area contributed by atoms with E-state index in [9.17, 15) is 23.1 Å². The standard InChI is InChI=1S/C20H19F3N2O2/c21-16-7-6-12(9-17(16)22)19(26)25-10-13-3-1-4-14(11-25)20(13,27)15-5-2-8-24-18(15)23/h2,5-9,13-14,27H,1,3-4,10-11H2/t13-,14-/m1/s1. The van der Waals surface area contributed by atoms with Gasteiger partial charge >= 0.3 is 0 Å².